The Morgan fingerprint density at radius 2 is 0.745 bits per heavy atom. The highest BCUT2D eigenvalue weighted by Crippen LogP contribution is 2.43. The summed E-state index contributed by atoms with van der Waals surface area (Å²) in [4.78, 5) is 15.2. The van der Waals surface area contributed by atoms with Crippen molar-refractivity contribution in [3.8, 4) is 78.7 Å². The molecule has 0 aliphatic rings. The van der Waals surface area contributed by atoms with E-state index in [-0.39, 0.29) is 0 Å². The van der Waals surface area contributed by atoms with Gasteiger partial charge in [0.05, 0.1) is 0 Å². The van der Waals surface area contributed by atoms with Gasteiger partial charge in [0.15, 0.2) is 17.5 Å². The summed E-state index contributed by atoms with van der Waals surface area (Å²) in [5, 5.41) is 2.02. The third kappa shape index (κ3) is 6.06. The third-order valence-corrected chi connectivity index (χ3v) is 10.2. The fraction of sp³-hybridized carbons (Fsp3) is 0. The van der Waals surface area contributed by atoms with E-state index < -0.39 is 0 Å². The van der Waals surface area contributed by atoms with Crippen LogP contribution < -0.4 is 0 Å². The molecule has 0 unspecified atom stereocenters. The Balaban J connectivity index is 1.13. The van der Waals surface area contributed by atoms with Crippen LogP contribution in [0.5, 0.6) is 0 Å². The highest BCUT2D eigenvalue weighted by atomic mass is 16.3. The maximum atomic E-state index is 6.23. The highest BCUT2D eigenvalue weighted by Gasteiger charge is 2.19. The fourth-order valence-electron chi connectivity index (χ4n) is 7.53. The van der Waals surface area contributed by atoms with Crippen molar-refractivity contribution in [1.29, 1.82) is 0 Å². The minimum atomic E-state index is 0.599. The van der Waals surface area contributed by atoms with Gasteiger partial charge in [-0.1, -0.05) is 176 Å². The lowest BCUT2D eigenvalue weighted by Gasteiger charge is -2.19. The quantitative estimate of drug-likeness (QED) is 0.166. The average molecular weight is 704 g/mol. The Hall–Kier alpha value is -7.43. The van der Waals surface area contributed by atoms with Crippen molar-refractivity contribution < 1.29 is 4.42 Å². The fourth-order valence-corrected chi connectivity index (χ4v) is 7.53. The molecule has 4 nitrogen and oxygen atoms in total. The average Bonchev–Trinajstić information content (AvgIpc) is 3.66. The summed E-state index contributed by atoms with van der Waals surface area (Å²) >= 11 is 0. The molecule has 4 heteroatoms. The standard InChI is InChI=1S/C51H33N3O/c1-5-16-35(17-6-1)43-32-40(33-44(36-18-7-2-8-19-36)47(43)37-20-9-3-10-21-37)34-28-30-39(31-29-34)50-52-49(38-22-11-4-12-23-38)53-51(54-50)42-25-15-27-46-48(42)41-24-13-14-26-45(41)55-46/h1-33H. The van der Waals surface area contributed by atoms with E-state index in [1.807, 2.05) is 60.7 Å². The summed E-state index contributed by atoms with van der Waals surface area (Å²) in [6.07, 6.45) is 0. The predicted molar refractivity (Wildman–Crippen MR) is 225 cm³/mol. The minimum absolute atomic E-state index is 0.599. The number of hydrogen-bond acceptors (Lipinski definition) is 4. The molecule has 0 aliphatic heterocycles. The zero-order valence-electron chi connectivity index (χ0n) is 29.8. The summed E-state index contributed by atoms with van der Waals surface area (Å²) in [5.41, 5.74) is 13.7. The number of furan rings is 1. The minimum Gasteiger partial charge on any atom is -0.456 e. The van der Waals surface area contributed by atoms with E-state index in [0.717, 1.165) is 49.8 Å². The molecular weight excluding hydrogens is 671 g/mol. The molecule has 0 amide bonds. The molecule has 10 rings (SSSR count). The molecule has 258 valence electrons. The first-order valence-corrected chi connectivity index (χ1v) is 18.4. The molecule has 0 fully saturated rings. The van der Waals surface area contributed by atoms with Crippen LogP contribution in [0.2, 0.25) is 0 Å². The Morgan fingerprint density at radius 1 is 0.291 bits per heavy atom. The van der Waals surface area contributed by atoms with E-state index in [2.05, 4.69) is 140 Å². The van der Waals surface area contributed by atoms with Gasteiger partial charge in [0.2, 0.25) is 0 Å². The van der Waals surface area contributed by atoms with Crippen molar-refractivity contribution in [2.45, 2.75) is 0 Å². The van der Waals surface area contributed by atoms with Gasteiger partial charge in [-0.25, -0.2) is 15.0 Å². The lowest BCUT2D eigenvalue weighted by molar-refractivity contribution is 0.669. The van der Waals surface area contributed by atoms with Gasteiger partial charge in [-0.05, 0) is 68.8 Å². The molecule has 0 radical (unpaired) electrons. The summed E-state index contributed by atoms with van der Waals surface area (Å²) in [6, 6.07) is 69.5. The molecular formula is C51H33N3O. The van der Waals surface area contributed by atoms with E-state index in [4.69, 9.17) is 19.4 Å². The number of aromatic nitrogens is 3. The van der Waals surface area contributed by atoms with E-state index >= 15 is 0 Å². The van der Waals surface area contributed by atoms with E-state index in [1.165, 1.54) is 33.4 Å². The van der Waals surface area contributed by atoms with E-state index in [1.54, 1.807) is 0 Å². The number of benzene rings is 8. The van der Waals surface area contributed by atoms with Crippen molar-refractivity contribution in [2.75, 3.05) is 0 Å². The first-order chi connectivity index (χ1) is 27.3. The molecule has 2 aromatic heterocycles. The van der Waals surface area contributed by atoms with Crippen molar-refractivity contribution >= 4 is 21.9 Å². The Morgan fingerprint density at radius 3 is 1.35 bits per heavy atom. The van der Waals surface area contributed by atoms with Gasteiger partial charge in [0, 0.05) is 27.5 Å². The monoisotopic (exact) mass is 703 g/mol. The molecule has 0 bridgehead atoms. The van der Waals surface area contributed by atoms with Crippen molar-refractivity contribution in [1.82, 2.24) is 15.0 Å². The first kappa shape index (κ1) is 32.2. The van der Waals surface area contributed by atoms with Crippen LogP contribution in [0.15, 0.2) is 205 Å². The zero-order valence-corrected chi connectivity index (χ0v) is 29.8. The van der Waals surface area contributed by atoms with Crippen LogP contribution >= 0.6 is 0 Å². The molecule has 0 spiro atoms. The molecule has 55 heavy (non-hydrogen) atoms. The number of rotatable bonds is 7. The third-order valence-electron chi connectivity index (χ3n) is 10.2. The van der Waals surface area contributed by atoms with Gasteiger partial charge >= 0.3 is 0 Å². The van der Waals surface area contributed by atoms with Gasteiger partial charge in [0.25, 0.3) is 0 Å². The second kappa shape index (κ2) is 13.8. The molecule has 8 aromatic carbocycles. The van der Waals surface area contributed by atoms with Gasteiger partial charge < -0.3 is 4.42 Å². The molecule has 0 saturated heterocycles. The maximum absolute atomic E-state index is 6.23. The lowest BCUT2D eigenvalue weighted by atomic mass is 9.84. The van der Waals surface area contributed by atoms with Gasteiger partial charge in [-0.2, -0.15) is 0 Å². The molecule has 0 N–H and O–H groups in total. The Bertz CT molecular complexity index is 2880. The second-order valence-corrected chi connectivity index (χ2v) is 13.6. The number of para-hydroxylation sites is 1. The van der Waals surface area contributed by atoms with Crippen LogP contribution in [-0.2, 0) is 0 Å². The first-order valence-electron chi connectivity index (χ1n) is 18.4. The molecule has 2 heterocycles. The van der Waals surface area contributed by atoms with Crippen molar-refractivity contribution in [3.05, 3.63) is 200 Å². The summed E-state index contributed by atoms with van der Waals surface area (Å²) in [6.45, 7) is 0. The van der Waals surface area contributed by atoms with Gasteiger partial charge in [0.1, 0.15) is 11.2 Å². The van der Waals surface area contributed by atoms with E-state index in [9.17, 15) is 0 Å². The summed E-state index contributed by atoms with van der Waals surface area (Å²) < 4.78 is 6.23. The molecule has 10 aromatic rings. The molecule has 0 atom stereocenters. The van der Waals surface area contributed by atoms with Crippen LogP contribution in [0.3, 0.4) is 0 Å². The molecule has 0 saturated carbocycles. The summed E-state index contributed by atoms with van der Waals surface area (Å²) in [7, 11) is 0. The number of hydrogen-bond donors (Lipinski definition) is 0. The largest absolute Gasteiger partial charge is 0.456 e. The summed E-state index contributed by atoms with van der Waals surface area (Å²) in [5.74, 6) is 1.82. The number of nitrogens with zero attached hydrogens (tertiary/aromatic N) is 3. The SMILES string of the molecule is c1ccc(-c2nc(-c3ccc(-c4cc(-c5ccccc5)c(-c5ccccc5)c(-c5ccccc5)c4)cc3)nc(-c3cccc4oc5ccccc5c34)n2)cc1. The predicted octanol–water partition coefficient (Wildman–Crippen LogP) is 13.4. The topological polar surface area (TPSA) is 51.8 Å². The number of fused-ring (bicyclic) bond motifs is 3. The highest BCUT2D eigenvalue weighted by molar-refractivity contribution is 6.11. The molecule has 0 aliphatic carbocycles. The van der Waals surface area contributed by atoms with Gasteiger partial charge in [-0.3, -0.25) is 0 Å². The maximum Gasteiger partial charge on any atom is 0.164 e. The Kier molecular flexibility index (Phi) is 8.12. The zero-order chi connectivity index (χ0) is 36.6. The van der Waals surface area contributed by atoms with E-state index in [0.29, 0.717) is 17.5 Å². The van der Waals surface area contributed by atoms with Crippen molar-refractivity contribution in [3.63, 3.8) is 0 Å². The lowest BCUT2D eigenvalue weighted by Crippen LogP contribution is -2.00. The van der Waals surface area contributed by atoms with Crippen LogP contribution in [-0.4, -0.2) is 15.0 Å². The van der Waals surface area contributed by atoms with Crippen LogP contribution in [0.1, 0.15) is 0 Å². The Labute approximate surface area is 319 Å². The second-order valence-electron chi connectivity index (χ2n) is 13.6. The van der Waals surface area contributed by atoms with Crippen LogP contribution in [0.4, 0.5) is 0 Å². The van der Waals surface area contributed by atoms with Gasteiger partial charge in [-0.15, -0.1) is 0 Å². The van der Waals surface area contributed by atoms with Crippen molar-refractivity contribution in [2.24, 2.45) is 0 Å². The normalized spacial score (nSPS) is 11.3. The van der Waals surface area contributed by atoms with Crippen LogP contribution in [0, 0.1) is 0 Å². The van der Waals surface area contributed by atoms with Crippen LogP contribution in [0.25, 0.3) is 101 Å². The smallest absolute Gasteiger partial charge is 0.164 e.